The first kappa shape index (κ1) is 30.1. The smallest absolute Gasteiger partial charge is 0.279 e. The number of pyridine rings is 2. The van der Waals surface area contributed by atoms with Crippen molar-refractivity contribution in [2.75, 3.05) is 4.90 Å². The highest BCUT2D eigenvalue weighted by Gasteiger charge is 2.36. The SMILES string of the molecule is C[Si]1(C)Oc2ccccc2N(c2ccc3c(c2)c2cccc4c2-c2c(cccc2c2cccnc2c2ncccc42)c2ccccc23)c2ccccc21. The van der Waals surface area contributed by atoms with E-state index in [2.05, 4.69) is 158 Å². The maximum Gasteiger partial charge on any atom is 0.279 e. The fraction of sp³-hybridized carbons (Fsp3) is 0.0417. The number of rotatable bonds is 1. The molecule has 0 N–H and O–H groups in total. The van der Waals surface area contributed by atoms with Gasteiger partial charge >= 0.3 is 0 Å². The summed E-state index contributed by atoms with van der Waals surface area (Å²) in [5, 5.41) is 12.9. The van der Waals surface area contributed by atoms with Crippen molar-refractivity contribution in [2.45, 2.75) is 13.1 Å². The molecule has 0 saturated heterocycles. The summed E-state index contributed by atoms with van der Waals surface area (Å²) in [6, 6.07) is 55.1. The van der Waals surface area contributed by atoms with Gasteiger partial charge < -0.3 is 9.33 Å². The van der Waals surface area contributed by atoms with Crippen LogP contribution in [0, 0.1) is 0 Å². The Morgan fingerprint density at radius 2 is 0.925 bits per heavy atom. The number of para-hydroxylation sites is 3. The molecule has 5 heteroatoms. The fourth-order valence-electron chi connectivity index (χ4n) is 8.89. The highest BCUT2D eigenvalue weighted by atomic mass is 28.4. The third-order valence-electron chi connectivity index (χ3n) is 11.1. The van der Waals surface area contributed by atoms with Crippen LogP contribution in [0.15, 0.2) is 164 Å². The Kier molecular flexibility index (Phi) is 6.37. The summed E-state index contributed by atoms with van der Waals surface area (Å²) in [6.45, 7) is 4.58. The van der Waals surface area contributed by atoms with Gasteiger partial charge in [0, 0.05) is 39.7 Å². The summed E-state index contributed by atoms with van der Waals surface area (Å²) < 4.78 is 6.92. The lowest BCUT2D eigenvalue weighted by atomic mass is 9.85. The first-order valence-electron chi connectivity index (χ1n) is 18.2. The van der Waals surface area contributed by atoms with Crippen molar-refractivity contribution in [1.29, 1.82) is 0 Å². The minimum atomic E-state index is -2.31. The second kappa shape index (κ2) is 11.2. The maximum absolute atomic E-state index is 6.92. The van der Waals surface area contributed by atoms with E-state index in [1.807, 2.05) is 24.5 Å². The van der Waals surface area contributed by atoms with Crippen molar-refractivity contribution in [2.24, 2.45) is 0 Å². The molecule has 4 nitrogen and oxygen atoms in total. The van der Waals surface area contributed by atoms with Crippen molar-refractivity contribution >= 4 is 95.5 Å². The Morgan fingerprint density at radius 1 is 0.434 bits per heavy atom. The monoisotopic (exact) mass is 695 g/mol. The molecule has 250 valence electrons. The molecule has 11 rings (SSSR count). The molecule has 0 fully saturated rings. The van der Waals surface area contributed by atoms with E-state index in [0.717, 1.165) is 49.7 Å². The molecule has 2 aromatic heterocycles. The minimum Gasteiger partial charge on any atom is -0.538 e. The topological polar surface area (TPSA) is 38.2 Å². The van der Waals surface area contributed by atoms with Gasteiger partial charge in [-0.15, -0.1) is 0 Å². The predicted molar refractivity (Wildman–Crippen MR) is 225 cm³/mol. The van der Waals surface area contributed by atoms with Crippen molar-refractivity contribution in [3.05, 3.63) is 164 Å². The van der Waals surface area contributed by atoms with Crippen molar-refractivity contribution in [3.8, 4) is 16.9 Å². The third-order valence-corrected chi connectivity index (χ3v) is 13.6. The van der Waals surface area contributed by atoms with Gasteiger partial charge in [0.05, 0.1) is 16.7 Å². The molecule has 3 aliphatic rings. The second-order valence-electron chi connectivity index (χ2n) is 14.5. The number of benzene rings is 6. The van der Waals surface area contributed by atoms with Gasteiger partial charge in [-0.1, -0.05) is 109 Å². The lowest BCUT2D eigenvalue weighted by Gasteiger charge is -2.27. The summed E-state index contributed by atoms with van der Waals surface area (Å²) in [7, 11) is -2.31. The van der Waals surface area contributed by atoms with Gasteiger partial charge in [0.15, 0.2) is 0 Å². The van der Waals surface area contributed by atoms with E-state index in [-0.39, 0.29) is 0 Å². The molecule has 3 heterocycles. The molecule has 0 unspecified atom stereocenters. The molecular formula is C48H33N3OSi. The highest BCUT2D eigenvalue weighted by Crippen LogP contribution is 2.49. The van der Waals surface area contributed by atoms with E-state index in [1.54, 1.807) is 0 Å². The van der Waals surface area contributed by atoms with Gasteiger partial charge in [0.2, 0.25) is 0 Å². The van der Waals surface area contributed by atoms with Crippen LogP contribution in [-0.2, 0) is 0 Å². The first-order chi connectivity index (χ1) is 26.1. The van der Waals surface area contributed by atoms with Crippen LogP contribution in [0.5, 0.6) is 5.75 Å². The summed E-state index contributed by atoms with van der Waals surface area (Å²) in [5.74, 6) is 0.914. The predicted octanol–water partition coefficient (Wildman–Crippen LogP) is 12.3. The number of hydrogen-bond acceptors (Lipinski definition) is 4. The standard InChI is InChI=1S/C48H33N3OSi/c1-53(2)44-24-8-6-22-42(44)51(41-21-5-7-23-43(41)52-53)30-25-26-33-31-13-3-4-14-32(31)34-15-9-16-35-38-19-11-27-49-47(38)48-39(20-12-28-50-48)36-17-10-18-37(40(33)29-30)46(36)45(34)35/h3-29H,1-2H3. The largest absolute Gasteiger partial charge is 0.538 e. The highest BCUT2D eigenvalue weighted by molar-refractivity contribution is 6.86. The summed E-state index contributed by atoms with van der Waals surface area (Å²) in [4.78, 5) is 12.4. The molecule has 0 atom stereocenters. The van der Waals surface area contributed by atoms with Crippen LogP contribution in [0.4, 0.5) is 17.1 Å². The van der Waals surface area contributed by atoms with E-state index in [4.69, 9.17) is 14.4 Å². The van der Waals surface area contributed by atoms with Gasteiger partial charge in [0.25, 0.3) is 8.32 Å². The normalized spacial score (nSPS) is 13.7. The van der Waals surface area contributed by atoms with Crippen molar-refractivity contribution in [1.82, 2.24) is 9.97 Å². The van der Waals surface area contributed by atoms with Crippen LogP contribution < -0.4 is 14.5 Å². The average Bonchev–Trinajstić information content (AvgIpc) is 3.30. The van der Waals surface area contributed by atoms with Crippen LogP contribution in [0.25, 0.3) is 76.0 Å². The molecule has 1 aliphatic heterocycles. The van der Waals surface area contributed by atoms with Crippen molar-refractivity contribution < 1.29 is 4.43 Å². The zero-order valence-corrected chi connectivity index (χ0v) is 30.3. The second-order valence-corrected chi connectivity index (χ2v) is 18.2. The van der Waals surface area contributed by atoms with Gasteiger partial charge in [-0.25, -0.2) is 0 Å². The molecule has 0 saturated carbocycles. The van der Waals surface area contributed by atoms with Gasteiger partial charge in [-0.05, 0) is 110 Å². The number of nitrogens with zero attached hydrogens (tertiary/aromatic N) is 3. The van der Waals surface area contributed by atoms with Crippen LogP contribution >= 0.6 is 0 Å². The molecule has 0 bridgehead atoms. The average molecular weight is 696 g/mol. The third kappa shape index (κ3) is 4.35. The first-order valence-corrected chi connectivity index (χ1v) is 21.1. The molecule has 6 aromatic carbocycles. The molecule has 0 spiro atoms. The number of hydrogen-bond donors (Lipinski definition) is 0. The van der Waals surface area contributed by atoms with E-state index >= 15 is 0 Å². The number of anilines is 3. The summed E-state index contributed by atoms with van der Waals surface area (Å²) in [5.41, 5.74) is 7.53. The Balaban J connectivity index is 1.39. The summed E-state index contributed by atoms with van der Waals surface area (Å²) >= 11 is 0. The molecule has 2 aliphatic carbocycles. The molecule has 0 radical (unpaired) electrons. The Morgan fingerprint density at radius 3 is 1.60 bits per heavy atom. The zero-order chi connectivity index (χ0) is 35.3. The lowest BCUT2D eigenvalue weighted by Crippen LogP contribution is -2.48. The Hall–Kier alpha value is -6.56. The molecule has 53 heavy (non-hydrogen) atoms. The van der Waals surface area contributed by atoms with Gasteiger partial charge in [-0.2, -0.15) is 0 Å². The molecule has 8 aromatic rings. The fourth-order valence-corrected chi connectivity index (χ4v) is 11.0. The zero-order valence-electron chi connectivity index (χ0n) is 29.3. The molecule has 0 amide bonds. The minimum absolute atomic E-state index is 0.897. The molecular weight excluding hydrogens is 663 g/mol. The Labute approximate surface area is 307 Å². The van der Waals surface area contributed by atoms with Crippen LogP contribution in [-0.4, -0.2) is 18.3 Å². The van der Waals surface area contributed by atoms with E-state index < -0.39 is 8.32 Å². The van der Waals surface area contributed by atoms with E-state index in [9.17, 15) is 0 Å². The number of aromatic nitrogens is 2. The van der Waals surface area contributed by atoms with E-state index in [0.29, 0.717) is 0 Å². The van der Waals surface area contributed by atoms with Crippen LogP contribution in [0.3, 0.4) is 0 Å². The van der Waals surface area contributed by atoms with Gasteiger partial charge in [-0.3, -0.25) is 9.97 Å². The lowest BCUT2D eigenvalue weighted by molar-refractivity contribution is 0.568. The Bertz CT molecular complexity index is 3150. The summed E-state index contributed by atoms with van der Waals surface area (Å²) in [6.07, 6.45) is 3.76. The van der Waals surface area contributed by atoms with Crippen LogP contribution in [0.1, 0.15) is 0 Å². The van der Waals surface area contributed by atoms with Crippen molar-refractivity contribution in [3.63, 3.8) is 0 Å². The maximum atomic E-state index is 6.92. The van der Waals surface area contributed by atoms with Crippen LogP contribution in [0.2, 0.25) is 13.1 Å². The van der Waals surface area contributed by atoms with E-state index in [1.165, 1.54) is 54.3 Å². The quantitative estimate of drug-likeness (QED) is 0.160. The van der Waals surface area contributed by atoms with Gasteiger partial charge in [0.1, 0.15) is 5.75 Å². The number of fused-ring (bicyclic) bond motifs is 12.